The van der Waals surface area contributed by atoms with Crippen LogP contribution in [-0.2, 0) is 19.4 Å². The van der Waals surface area contributed by atoms with Gasteiger partial charge in [-0.05, 0) is 43.5 Å². The summed E-state index contributed by atoms with van der Waals surface area (Å²) in [5, 5.41) is 6.42. The van der Waals surface area contributed by atoms with Crippen LogP contribution >= 0.6 is 0 Å². The summed E-state index contributed by atoms with van der Waals surface area (Å²) >= 11 is 0. The highest BCUT2D eigenvalue weighted by Crippen LogP contribution is 2.13. The summed E-state index contributed by atoms with van der Waals surface area (Å²) < 4.78 is 1.44. The van der Waals surface area contributed by atoms with Crippen molar-refractivity contribution in [2.45, 2.75) is 40.2 Å². The number of aryl methyl sites for hydroxylation is 3. The Labute approximate surface area is 169 Å². The topological polar surface area (TPSA) is 75.1 Å². The molecule has 0 atom stereocenters. The first-order valence-corrected chi connectivity index (χ1v) is 9.89. The van der Waals surface area contributed by atoms with Gasteiger partial charge in [0.25, 0.3) is 11.3 Å². The van der Waals surface area contributed by atoms with Crippen molar-refractivity contribution >= 4 is 11.5 Å². The van der Waals surface area contributed by atoms with Gasteiger partial charge in [0.05, 0.1) is 12.2 Å². The number of nitrogens with zero attached hydrogens (tertiary/aromatic N) is 3. The fourth-order valence-electron chi connectivity index (χ4n) is 3.34. The van der Waals surface area contributed by atoms with Gasteiger partial charge < -0.3 is 5.32 Å². The molecule has 0 aliphatic carbocycles. The minimum Gasteiger partial charge on any atom is -0.378 e. The maximum absolute atomic E-state index is 13.0. The van der Waals surface area contributed by atoms with Gasteiger partial charge in [-0.1, -0.05) is 48.9 Å². The molecule has 0 spiro atoms. The lowest BCUT2D eigenvalue weighted by Crippen LogP contribution is -2.22. The Morgan fingerprint density at radius 2 is 1.66 bits per heavy atom. The summed E-state index contributed by atoms with van der Waals surface area (Å²) in [6.45, 7) is 6.54. The van der Waals surface area contributed by atoms with Gasteiger partial charge in [-0.2, -0.15) is 9.50 Å². The highest BCUT2D eigenvalue weighted by atomic mass is 16.1. The van der Waals surface area contributed by atoms with E-state index in [2.05, 4.69) is 82.8 Å². The number of anilines is 1. The van der Waals surface area contributed by atoms with Crippen molar-refractivity contribution in [3.63, 3.8) is 0 Å². The first-order valence-electron chi connectivity index (χ1n) is 9.89. The second-order valence-electron chi connectivity index (χ2n) is 7.35. The van der Waals surface area contributed by atoms with Crippen LogP contribution < -0.4 is 10.9 Å². The monoisotopic (exact) mass is 387 g/mol. The maximum atomic E-state index is 13.0. The molecule has 4 rings (SSSR count). The molecule has 0 saturated heterocycles. The van der Waals surface area contributed by atoms with Gasteiger partial charge in [0.2, 0.25) is 0 Å². The standard InChI is InChI=1S/C23H25N5O/c1-4-17-9-11-19(12-10-17)24-14-21-26-23-25-16(3)20(22(29)28(23)27-21)13-18-7-5-15(2)6-8-18/h5-12,24H,4,13-14H2,1-3H3,(H,25,26,27). The Morgan fingerprint density at radius 1 is 0.966 bits per heavy atom. The molecule has 0 aliphatic heterocycles. The van der Waals surface area contributed by atoms with Gasteiger partial charge >= 0.3 is 0 Å². The van der Waals surface area contributed by atoms with Gasteiger partial charge in [-0.3, -0.25) is 9.89 Å². The van der Waals surface area contributed by atoms with Crippen LogP contribution in [0.5, 0.6) is 0 Å². The van der Waals surface area contributed by atoms with Gasteiger partial charge in [0, 0.05) is 17.7 Å². The number of nitrogens with one attached hydrogen (secondary N) is 2. The summed E-state index contributed by atoms with van der Waals surface area (Å²) in [6.07, 6.45) is 1.57. The predicted molar refractivity (Wildman–Crippen MR) is 115 cm³/mol. The van der Waals surface area contributed by atoms with E-state index in [1.807, 2.05) is 6.92 Å². The molecule has 2 aromatic heterocycles. The smallest absolute Gasteiger partial charge is 0.277 e. The zero-order valence-electron chi connectivity index (χ0n) is 17.0. The molecule has 0 radical (unpaired) electrons. The molecule has 6 nitrogen and oxygen atoms in total. The molecule has 0 bridgehead atoms. The van der Waals surface area contributed by atoms with E-state index in [-0.39, 0.29) is 5.56 Å². The number of H-pyrrole nitrogens is 1. The number of benzene rings is 2. The average molecular weight is 387 g/mol. The Morgan fingerprint density at radius 3 is 2.34 bits per heavy atom. The van der Waals surface area contributed by atoms with Crippen molar-refractivity contribution in [2.75, 3.05) is 5.32 Å². The molecule has 0 saturated carbocycles. The first kappa shape index (κ1) is 18.9. The van der Waals surface area contributed by atoms with Crippen molar-refractivity contribution in [3.05, 3.63) is 92.7 Å². The van der Waals surface area contributed by atoms with Crippen LogP contribution in [0.25, 0.3) is 5.78 Å². The van der Waals surface area contributed by atoms with Crippen molar-refractivity contribution in [1.29, 1.82) is 0 Å². The maximum Gasteiger partial charge on any atom is 0.277 e. The number of aromatic amines is 1. The predicted octanol–water partition coefficient (Wildman–Crippen LogP) is 3.80. The quantitative estimate of drug-likeness (QED) is 0.528. The Kier molecular flexibility index (Phi) is 5.16. The van der Waals surface area contributed by atoms with Crippen LogP contribution in [0.3, 0.4) is 0 Å². The van der Waals surface area contributed by atoms with Crippen LogP contribution in [-0.4, -0.2) is 19.6 Å². The van der Waals surface area contributed by atoms with Gasteiger partial charge in [-0.25, -0.2) is 4.98 Å². The molecule has 0 fully saturated rings. The van der Waals surface area contributed by atoms with E-state index in [1.165, 1.54) is 15.6 Å². The molecule has 0 amide bonds. The number of hydrogen-bond acceptors (Lipinski definition) is 4. The van der Waals surface area contributed by atoms with Gasteiger partial charge in [-0.15, -0.1) is 0 Å². The number of fused-ring (bicyclic) bond motifs is 1. The summed E-state index contributed by atoms with van der Waals surface area (Å²) in [5.74, 6) is 1.07. The molecule has 0 unspecified atom stereocenters. The average Bonchev–Trinajstić information content (AvgIpc) is 3.14. The lowest BCUT2D eigenvalue weighted by Gasteiger charge is -2.05. The van der Waals surface area contributed by atoms with Crippen LogP contribution in [0, 0.1) is 13.8 Å². The lowest BCUT2D eigenvalue weighted by molar-refractivity contribution is 0.832. The van der Waals surface area contributed by atoms with Crippen LogP contribution in [0.2, 0.25) is 0 Å². The molecule has 2 aromatic carbocycles. The zero-order valence-corrected chi connectivity index (χ0v) is 17.0. The summed E-state index contributed by atoms with van der Waals surface area (Å²) in [5.41, 5.74) is 5.91. The van der Waals surface area contributed by atoms with Crippen LogP contribution in [0.15, 0.2) is 53.3 Å². The molecular weight excluding hydrogens is 362 g/mol. The number of aromatic nitrogens is 4. The fourth-order valence-corrected chi connectivity index (χ4v) is 3.34. The van der Waals surface area contributed by atoms with Crippen molar-refractivity contribution in [3.8, 4) is 0 Å². The highest BCUT2D eigenvalue weighted by Gasteiger charge is 2.14. The summed E-state index contributed by atoms with van der Waals surface area (Å²) in [7, 11) is 0. The van der Waals surface area contributed by atoms with E-state index in [9.17, 15) is 4.79 Å². The van der Waals surface area contributed by atoms with Gasteiger partial charge in [0.1, 0.15) is 5.82 Å². The van der Waals surface area contributed by atoms with Crippen LogP contribution in [0.4, 0.5) is 5.69 Å². The second kappa shape index (κ2) is 7.91. The number of hydrogen-bond donors (Lipinski definition) is 2. The summed E-state index contributed by atoms with van der Waals surface area (Å²) in [6, 6.07) is 16.5. The van der Waals surface area contributed by atoms with E-state index < -0.39 is 0 Å². The van der Waals surface area contributed by atoms with Crippen molar-refractivity contribution in [2.24, 2.45) is 0 Å². The third-order valence-corrected chi connectivity index (χ3v) is 5.17. The Balaban J connectivity index is 1.57. The third kappa shape index (κ3) is 4.06. The fraction of sp³-hybridized carbons (Fsp3) is 0.261. The van der Waals surface area contributed by atoms with Crippen molar-refractivity contribution in [1.82, 2.24) is 19.6 Å². The summed E-state index contributed by atoms with van der Waals surface area (Å²) in [4.78, 5) is 22.0. The molecule has 0 aliphatic rings. The zero-order chi connectivity index (χ0) is 20.4. The van der Waals surface area contributed by atoms with E-state index in [1.54, 1.807) is 0 Å². The molecule has 148 valence electrons. The van der Waals surface area contributed by atoms with Crippen LogP contribution in [0.1, 0.15) is 40.7 Å². The van der Waals surface area contributed by atoms with Gasteiger partial charge in [0.15, 0.2) is 0 Å². The molecule has 2 N–H and O–H groups in total. The minimum absolute atomic E-state index is 0.0980. The van der Waals surface area contributed by atoms with Crippen molar-refractivity contribution < 1.29 is 0 Å². The molecule has 2 heterocycles. The third-order valence-electron chi connectivity index (χ3n) is 5.17. The first-order chi connectivity index (χ1) is 14.0. The highest BCUT2D eigenvalue weighted by molar-refractivity contribution is 5.45. The largest absolute Gasteiger partial charge is 0.378 e. The Bertz CT molecular complexity index is 1190. The van der Waals surface area contributed by atoms with E-state index in [0.29, 0.717) is 30.1 Å². The SMILES string of the molecule is CCc1ccc(NCc2nc3nc(C)c(Cc4ccc(C)cc4)c(=O)n3[nH]2)cc1. The van der Waals surface area contributed by atoms with E-state index in [4.69, 9.17) is 0 Å². The molecule has 4 aromatic rings. The number of rotatable bonds is 6. The second-order valence-corrected chi connectivity index (χ2v) is 7.35. The van der Waals surface area contributed by atoms with E-state index >= 15 is 0 Å². The normalized spacial score (nSPS) is 11.1. The molecular formula is C23H25N5O. The molecule has 29 heavy (non-hydrogen) atoms. The minimum atomic E-state index is -0.0980. The Hall–Kier alpha value is -3.41. The van der Waals surface area contributed by atoms with E-state index in [0.717, 1.165) is 23.4 Å². The molecule has 6 heteroatoms. The lowest BCUT2D eigenvalue weighted by atomic mass is 10.0.